The summed E-state index contributed by atoms with van der Waals surface area (Å²) in [6.07, 6.45) is 3.08. The third-order valence-electron chi connectivity index (χ3n) is 4.95. The van der Waals surface area contributed by atoms with Crippen molar-refractivity contribution >= 4 is 5.91 Å². The van der Waals surface area contributed by atoms with Crippen LogP contribution in [0.25, 0.3) is 0 Å². The zero-order chi connectivity index (χ0) is 15.0. The summed E-state index contributed by atoms with van der Waals surface area (Å²) in [6, 6.07) is 4.10. The topological polar surface area (TPSA) is 54.7 Å². The van der Waals surface area contributed by atoms with Gasteiger partial charge in [0.25, 0.3) is 0 Å². The van der Waals surface area contributed by atoms with E-state index in [0.717, 1.165) is 18.8 Å². The molecule has 2 aliphatic rings. The number of likely N-dealkylation sites (N-methyl/N-ethyl adjacent to an activating group) is 1. The molecule has 0 bridgehead atoms. The maximum Gasteiger partial charge on any atom is 0.234 e. The van der Waals surface area contributed by atoms with Crippen LogP contribution >= 0.6 is 0 Å². The summed E-state index contributed by atoms with van der Waals surface area (Å²) in [6.45, 7) is 6.19. The van der Waals surface area contributed by atoms with Crippen molar-refractivity contribution in [3.8, 4) is 0 Å². The monoisotopic (exact) mass is 292 g/mol. The van der Waals surface area contributed by atoms with Gasteiger partial charge in [0.1, 0.15) is 5.76 Å². The van der Waals surface area contributed by atoms with Crippen LogP contribution in [0.5, 0.6) is 0 Å². The van der Waals surface area contributed by atoms with Gasteiger partial charge in [-0.3, -0.25) is 9.69 Å². The van der Waals surface area contributed by atoms with Crippen LogP contribution in [-0.2, 0) is 16.1 Å². The molecule has 1 saturated heterocycles. The molecule has 1 N–H and O–H groups in total. The molecule has 1 amide bonds. The Hall–Kier alpha value is -1.33. The minimum Gasteiger partial charge on any atom is -0.467 e. The molecule has 1 saturated carbocycles. The van der Waals surface area contributed by atoms with E-state index in [1.165, 1.54) is 0 Å². The van der Waals surface area contributed by atoms with Crippen molar-refractivity contribution in [3.63, 3.8) is 0 Å². The number of fused-ring (bicyclic) bond motifs is 1. The first-order valence-corrected chi connectivity index (χ1v) is 7.61. The number of nitrogens with one attached hydrogen (secondary N) is 1. The second kappa shape index (κ2) is 5.46. The summed E-state index contributed by atoms with van der Waals surface area (Å²) < 4.78 is 11.0. The fourth-order valence-electron chi connectivity index (χ4n) is 4.17. The molecule has 2 fully saturated rings. The number of rotatable bonds is 5. The molecule has 1 aromatic heterocycles. The second-order valence-electron chi connectivity index (χ2n) is 6.78. The van der Waals surface area contributed by atoms with Gasteiger partial charge >= 0.3 is 0 Å². The molecular formula is C16H24N2O3. The van der Waals surface area contributed by atoms with Crippen molar-refractivity contribution in [3.05, 3.63) is 24.2 Å². The van der Waals surface area contributed by atoms with Crippen molar-refractivity contribution in [2.45, 2.75) is 39.0 Å². The summed E-state index contributed by atoms with van der Waals surface area (Å²) >= 11 is 0. The average molecular weight is 292 g/mol. The Balaban J connectivity index is 1.51. The minimum atomic E-state index is 0.0343. The number of amides is 1. The van der Waals surface area contributed by atoms with Crippen LogP contribution in [0.3, 0.4) is 0 Å². The summed E-state index contributed by atoms with van der Waals surface area (Å²) in [5.74, 6) is 1.38. The molecule has 0 radical (unpaired) electrons. The number of hydrogen-bond donors (Lipinski definition) is 1. The van der Waals surface area contributed by atoms with E-state index in [2.05, 4.69) is 24.1 Å². The molecule has 5 heteroatoms. The van der Waals surface area contributed by atoms with Gasteiger partial charge < -0.3 is 14.5 Å². The number of carbonyl (C=O) groups is 1. The highest BCUT2D eigenvalue weighted by Gasteiger charge is 2.60. The van der Waals surface area contributed by atoms with Gasteiger partial charge in [-0.25, -0.2) is 0 Å². The van der Waals surface area contributed by atoms with Crippen LogP contribution in [0, 0.1) is 11.3 Å². The summed E-state index contributed by atoms with van der Waals surface area (Å²) in [7, 11) is 2.04. The predicted octanol–water partition coefficient (Wildman–Crippen LogP) is 1.64. The SMILES string of the molecule is CN(CC(=O)NCc1ccco1)C1C2CCOC2C1(C)C. The minimum absolute atomic E-state index is 0.0343. The molecule has 21 heavy (non-hydrogen) atoms. The molecule has 3 rings (SSSR count). The lowest BCUT2D eigenvalue weighted by Gasteiger charge is -2.57. The van der Waals surface area contributed by atoms with Crippen molar-refractivity contribution < 1.29 is 13.9 Å². The fourth-order valence-corrected chi connectivity index (χ4v) is 4.17. The van der Waals surface area contributed by atoms with Crippen molar-refractivity contribution in [2.24, 2.45) is 11.3 Å². The van der Waals surface area contributed by atoms with Gasteiger partial charge in [0.2, 0.25) is 5.91 Å². The van der Waals surface area contributed by atoms with Crippen LogP contribution in [0.2, 0.25) is 0 Å². The molecular weight excluding hydrogens is 268 g/mol. The van der Waals surface area contributed by atoms with E-state index in [-0.39, 0.29) is 11.3 Å². The molecule has 3 unspecified atom stereocenters. The van der Waals surface area contributed by atoms with Gasteiger partial charge in [0.15, 0.2) is 0 Å². The van der Waals surface area contributed by atoms with E-state index in [0.29, 0.717) is 31.2 Å². The number of carbonyl (C=O) groups excluding carboxylic acids is 1. The van der Waals surface area contributed by atoms with Gasteiger partial charge in [-0.15, -0.1) is 0 Å². The highest BCUT2D eigenvalue weighted by molar-refractivity contribution is 5.78. The van der Waals surface area contributed by atoms with Crippen LogP contribution in [-0.4, -0.2) is 43.2 Å². The van der Waals surface area contributed by atoms with Crippen LogP contribution < -0.4 is 5.32 Å². The average Bonchev–Trinajstić information content (AvgIpc) is 3.05. The van der Waals surface area contributed by atoms with Gasteiger partial charge in [-0.05, 0) is 25.6 Å². The first-order valence-electron chi connectivity index (χ1n) is 7.61. The lowest BCUT2D eigenvalue weighted by molar-refractivity contribution is -0.154. The number of ether oxygens (including phenoxy) is 1. The Morgan fingerprint density at radius 2 is 2.33 bits per heavy atom. The Labute approximate surface area is 125 Å². The Bertz CT molecular complexity index is 498. The Morgan fingerprint density at radius 1 is 1.52 bits per heavy atom. The van der Waals surface area contributed by atoms with Crippen molar-refractivity contribution in [1.82, 2.24) is 10.2 Å². The van der Waals surface area contributed by atoms with E-state index in [1.807, 2.05) is 19.2 Å². The molecule has 116 valence electrons. The Kier molecular flexibility index (Phi) is 3.80. The zero-order valence-electron chi connectivity index (χ0n) is 13.0. The normalized spacial score (nSPS) is 30.0. The van der Waals surface area contributed by atoms with Gasteiger partial charge in [0, 0.05) is 24.0 Å². The number of furan rings is 1. The molecule has 2 heterocycles. The molecule has 1 aliphatic carbocycles. The number of nitrogens with zero attached hydrogens (tertiary/aromatic N) is 1. The van der Waals surface area contributed by atoms with E-state index in [4.69, 9.17) is 9.15 Å². The molecule has 1 aliphatic heterocycles. The third kappa shape index (κ3) is 2.60. The second-order valence-corrected chi connectivity index (χ2v) is 6.78. The highest BCUT2D eigenvalue weighted by atomic mass is 16.5. The Morgan fingerprint density at radius 3 is 3.05 bits per heavy atom. The summed E-state index contributed by atoms with van der Waals surface area (Å²) in [5.41, 5.74) is 0.122. The standard InChI is InChI=1S/C16H24N2O3/c1-16(2)14(12-6-8-21-15(12)16)18(3)10-13(19)17-9-11-5-4-7-20-11/h4-5,7,12,14-15H,6,8-10H2,1-3H3,(H,17,19). The third-order valence-corrected chi connectivity index (χ3v) is 4.95. The molecule has 0 aromatic carbocycles. The molecule has 1 aromatic rings. The molecule has 3 atom stereocenters. The maximum absolute atomic E-state index is 12.1. The van der Waals surface area contributed by atoms with E-state index in [1.54, 1.807) is 6.26 Å². The predicted molar refractivity (Wildman–Crippen MR) is 78.6 cm³/mol. The largest absolute Gasteiger partial charge is 0.467 e. The van der Waals surface area contributed by atoms with Crippen molar-refractivity contribution in [2.75, 3.05) is 20.2 Å². The first kappa shape index (κ1) is 14.6. The highest BCUT2D eigenvalue weighted by Crippen LogP contribution is 2.54. The van der Waals surface area contributed by atoms with Gasteiger partial charge in [-0.2, -0.15) is 0 Å². The van der Waals surface area contributed by atoms with Crippen LogP contribution in [0.1, 0.15) is 26.0 Å². The quantitative estimate of drug-likeness (QED) is 0.896. The fraction of sp³-hybridized carbons (Fsp3) is 0.688. The van der Waals surface area contributed by atoms with E-state index >= 15 is 0 Å². The maximum atomic E-state index is 12.1. The zero-order valence-corrected chi connectivity index (χ0v) is 13.0. The van der Waals surface area contributed by atoms with E-state index in [9.17, 15) is 4.79 Å². The van der Waals surface area contributed by atoms with E-state index < -0.39 is 0 Å². The van der Waals surface area contributed by atoms with Crippen molar-refractivity contribution in [1.29, 1.82) is 0 Å². The van der Waals surface area contributed by atoms with Gasteiger partial charge in [-0.1, -0.05) is 13.8 Å². The first-order chi connectivity index (χ1) is 10.00. The lowest BCUT2D eigenvalue weighted by Crippen LogP contribution is -2.66. The molecule has 5 nitrogen and oxygen atoms in total. The van der Waals surface area contributed by atoms with Crippen LogP contribution in [0.4, 0.5) is 0 Å². The van der Waals surface area contributed by atoms with Crippen LogP contribution in [0.15, 0.2) is 22.8 Å². The lowest BCUT2D eigenvalue weighted by atomic mass is 9.57. The molecule has 0 spiro atoms. The number of hydrogen-bond acceptors (Lipinski definition) is 4. The summed E-state index contributed by atoms with van der Waals surface area (Å²) in [5, 5.41) is 2.90. The summed E-state index contributed by atoms with van der Waals surface area (Å²) in [4.78, 5) is 14.2. The van der Waals surface area contributed by atoms with Gasteiger partial charge in [0.05, 0.1) is 25.5 Å². The smallest absolute Gasteiger partial charge is 0.234 e.